The molecule has 0 aromatic carbocycles. The highest BCUT2D eigenvalue weighted by atomic mass is 32.1. The van der Waals surface area contributed by atoms with E-state index in [1.807, 2.05) is 27.7 Å². The minimum absolute atomic E-state index is 0.329. The fourth-order valence-corrected chi connectivity index (χ4v) is 1.57. The first kappa shape index (κ1) is 11.8. The van der Waals surface area contributed by atoms with Crippen LogP contribution in [0.3, 0.4) is 0 Å². The van der Waals surface area contributed by atoms with Gasteiger partial charge in [-0.15, -0.1) is 0 Å². The van der Waals surface area contributed by atoms with Gasteiger partial charge in [0.25, 0.3) is 0 Å². The van der Waals surface area contributed by atoms with Gasteiger partial charge in [0.15, 0.2) is 4.77 Å². The van der Waals surface area contributed by atoms with E-state index in [9.17, 15) is 0 Å². The first-order chi connectivity index (χ1) is 7.32. The summed E-state index contributed by atoms with van der Waals surface area (Å²) in [6.45, 7) is 8.08. The Bertz CT molecular complexity index is 422. The Morgan fingerprint density at radius 2 is 1.81 bits per heavy atom. The summed E-state index contributed by atoms with van der Waals surface area (Å²) in [5.74, 6) is 0. The second-order valence-electron chi connectivity index (χ2n) is 4.94. The van der Waals surface area contributed by atoms with Gasteiger partial charge < -0.3 is 14.3 Å². The maximum Gasteiger partial charge on any atom is 0.497 e. The van der Waals surface area contributed by atoms with Crippen LogP contribution in [0, 0.1) is 4.77 Å². The largest absolute Gasteiger partial charge is 0.497 e. The Hall–Kier alpha value is -0.715. The van der Waals surface area contributed by atoms with Crippen molar-refractivity contribution in [1.29, 1.82) is 0 Å². The predicted molar refractivity (Wildman–Crippen MR) is 65.1 cm³/mol. The predicted octanol–water partition coefficient (Wildman–Crippen LogP) is 1.44. The van der Waals surface area contributed by atoms with Crippen molar-refractivity contribution in [3.8, 4) is 0 Å². The molecule has 0 radical (unpaired) electrons. The maximum absolute atomic E-state index is 5.87. The van der Waals surface area contributed by atoms with E-state index in [0.29, 0.717) is 4.77 Å². The van der Waals surface area contributed by atoms with E-state index in [-0.39, 0.29) is 18.3 Å². The molecule has 0 atom stereocenters. The fraction of sp³-hybridized carbons (Fsp3) is 0.600. The van der Waals surface area contributed by atoms with Crippen LogP contribution in [0.2, 0.25) is 0 Å². The van der Waals surface area contributed by atoms with Crippen LogP contribution in [-0.2, 0) is 9.31 Å². The van der Waals surface area contributed by atoms with Gasteiger partial charge in [0.05, 0.1) is 11.2 Å². The molecule has 6 heteroatoms. The van der Waals surface area contributed by atoms with Crippen LogP contribution < -0.4 is 5.46 Å². The molecule has 4 nitrogen and oxygen atoms in total. The number of aromatic nitrogens is 2. The van der Waals surface area contributed by atoms with Gasteiger partial charge in [-0.1, -0.05) is 0 Å². The number of hydrogen-bond acceptors (Lipinski definition) is 4. The number of nitrogens with zero attached hydrogens (tertiary/aromatic N) is 1. The highest BCUT2D eigenvalue weighted by molar-refractivity contribution is 7.71. The lowest BCUT2D eigenvalue weighted by Crippen LogP contribution is -2.41. The minimum atomic E-state index is -0.385. The summed E-state index contributed by atoms with van der Waals surface area (Å²) in [6.07, 6.45) is 3.46. The lowest BCUT2D eigenvalue weighted by molar-refractivity contribution is 0.00578. The van der Waals surface area contributed by atoms with Crippen molar-refractivity contribution < 1.29 is 9.31 Å². The maximum atomic E-state index is 5.87. The topological polar surface area (TPSA) is 47.1 Å². The van der Waals surface area contributed by atoms with Gasteiger partial charge in [-0.25, -0.2) is 4.98 Å². The van der Waals surface area contributed by atoms with Crippen molar-refractivity contribution in [2.45, 2.75) is 38.9 Å². The van der Waals surface area contributed by atoms with E-state index in [1.165, 1.54) is 0 Å². The zero-order chi connectivity index (χ0) is 12.0. The van der Waals surface area contributed by atoms with Crippen LogP contribution in [0.4, 0.5) is 0 Å². The highest BCUT2D eigenvalue weighted by Crippen LogP contribution is 2.36. The van der Waals surface area contributed by atoms with Crippen molar-refractivity contribution in [3.63, 3.8) is 0 Å². The third-order valence-electron chi connectivity index (χ3n) is 3.22. The van der Waals surface area contributed by atoms with Crippen molar-refractivity contribution in [2.24, 2.45) is 0 Å². The van der Waals surface area contributed by atoms with Crippen LogP contribution in [0.1, 0.15) is 27.7 Å². The molecule has 2 rings (SSSR count). The average molecular weight is 238 g/mol. The van der Waals surface area contributed by atoms with Crippen LogP contribution in [0.25, 0.3) is 0 Å². The molecule has 1 saturated heterocycles. The van der Waals surface area contributed by atoms with Crippen molar-refractivity contribution in [1.82, 2.24) is 9.97 Å². The monoisotopic (exact) mass is 238 g/mol. The molecule has 1 aromatic rings. The summed E-state index contributed by atoms with van der Waals surface area (Å²) in [5, 5.41) is 0. The lowest BCUT2D eigenvalue weighted by Gasteiger charge is -2.32. The van der Waals surface area contributed by atoms with Gasteiger partial charge >= 0.3 is 7.12 Å². The molecule has 1 aromatic heterocycles. The SMILES string of the molecule is CC1(C)OB(c2cnc(=S)[nH]c2)OC1(C)C. The van der Waals surface area contributed by atoms with Crippen LogP contribution in [0.5, 0.6) is 0 Å². The number of hydrogen-bond donors (Lipinski definition) is 1. The van der Waals surface area contributed by atoms with Crippen LogP contribution >= 0.6 is 12.2 Å². The van der Waals surface area contributed by atoms with Gasteiger partial charge in [-0.3, -0.25) is 0 Å². The average Bonchev–Trinajstić information content (AvgIpc) is 2.37. The molecule has 2 heterocycles. The Labute approximate surface area is 101 Å². The number of aromatic amines is 1. The zero-order valence-electron chi connectivity index (χ0n) is 9.90. The van der Waals surface area contributed by atoms with E-state index in [0.717, 1.165) is 5.46 Å². The summed E-state index contributed by atoms with van der Waals surface area (Å²) in [5.41, 5.74) is 0.196. The van der Waals surface area contributed by atoms with Gasteiger partial charge in [-0.2, -0.15) is 0 Å². The van der Waals surface area contributed by atoms with E-state index < -0.39 is 0 Å². The first-order valence-corrected chi connectivity index (χ1v) is 5.63. The van der Waals surface area contributed by atoms with Crippen molar-refractivity contribution in [2.75, 3.05) is 0 Å². The lowest BCUT2D eigenvalue weighted by atomic mass is 9.81. The minimum Gasteiger partial charge on any atom is -0.399 e. The summed E-state index contributed by atoms with van der Waals surface area (Å²) >= 11 is 4.89. The second kappa shape index (κ2) is 3.65. The van der Waals surface area contributed by atoms with Crippen LogP contribution in [-0.4, -0.2) is 28.3 Å². The molecule has 16 heavy (non-hydrogen) atoms. The molecule has 1 aliphatic rings. The second-order valence-corrected chi connectivity index (χ2v) is 5.33. The standard InChI is InChI=1S/C10H15BN2O2S/c1-9(2)10(3,4)15-11(14-9)7-5-12-8(16)13-6-7/h5-6H,1-4H3,(H,12,13,16). The molecule has 0 unspecified atom stereocenters. The molecule has 1 fully saturated rings. The van der Waals surface area contributed by atoms with Crippen molar-refractivity contribution >= 4 is 24.8 Å². The smallest absolute Gasteiger partial charge is 0.399 e. The summed E-state index contributed by atoms with van der Waals surface area (Å²) in [6, 6.07) is 0. The van der Waals surface area contributed by atoms with Gasteiger partial charge in [0.1, 0.15) is 0 Å². The Kier molecular flexibility index (Phi) is 2.68. The summed E-state index contributed by atoms with van der Waals surface area (Å²) < 4.78 is 12.2. The Balaban J connectivity index is 2.27. The number of nitrogens with one attached hydrogen (secondary N) is 1. The fourth-order valence-electron chi connectivity index (χ4n) is 1.46. The highest BCUT2D eigenvalue weighted by Gasteiger charge is 2.51. The molecule has 0 aliphatic carbocycles. The van der Waals surface area contributed by atoms with Gasteiger partial charge in [-0.05, 0) is 39.9 Å². The van der Waals surface area contributed by atoms with Crippen LogP contribution in [0.15, 0.2) is 12.4 Å². The molecular weight excluding hydrogens is 223 g/mol. The third kappa shape index (κ3) is 1.92. The van der Waals surface area contributed by atoms with Crippen molar-refractivity contribution in [3.05, 3.63) is 17.2 Å². The molecule has 0 saturated carbocycles. The van der Waals surface area contributed by atoms with E-state index in [2.05, 4.69) is 9.97 Å². The normalized spacial score (nSPS) is 22.4. The first-order valence-electron chi connectivity index (χ1n) is 5.22. The summed E-state index contributed by atoms with van der Waals surface area (Å²) in [4.78, 5) is 6.89. The molecule has 0 bridgehead atoms. The third-order valence-corrected chi connectivity index (χ3v) is 3.44. The van der Waals surface area contributed by atoms with E-state index >= 15 is 0 Å². The van der Waals surface area contributed by atoms with Gasteiger partial charge in [0.2, 0.25) is 0 Å². The molecule has 0 amide bonds. The summed E-state index contributed by atoms with van der Waals surface area (Å²) in [7, 11) is -0.385. The Morgan fingerprint density at radius 1 is 1.25 bits per heavy atom. The molecule has 1 N–H and O–H groups in total. The molecule has 86 valence electrons. The number of H-pyrrole nitrogens is 1. The Morgan fingerprint density at radius 3 is 2.25 bits per heavy atom. The quantitative estimate of drug-likeness (QED) is 0.594. The molecular formula is C10H15BN2O2S. The van der Waals surface area contributed by atoms with E-state index in [1.54, 1.807) is 12.4 Å². The molecule has 0 spiro atoms. The number of rotatable bonds is 1. The van der Waals surface area contributed by atoms with Gasteiger partial charge in [0, 0.05) is 17.9 Å². The molecule has 1 aliphatic heterocycles. The zero-order valence-corrected chi connectivity index (χ0v) is 10.7. The van der Waals surface area contributed by atoms with E-state index in [4.69, 9.17) is 21.5 Å².